The van der Waals surface area contributed by atoms with Crippen molar-refractivity contribution in [2.45, 2.75) is 39.5 Å². The van der Waals surface area contributed by atoms with Crippen LogP contribution in [0.1, 0.15) is 50.7 Å². The van der Waals surface area contributed by atoms with Gasteiger partial charge in [0, 0.05) is 4.88 Å². The Kier molecular flexibility index (Phi) is 4.86. The van der Waals surface area contributed by atoms with Crippen LogP contribution in [-0.2, 0) is 22.4 Å². The predicted molar refractivity (Wildman–Crippen MR) is 90.6 cm³/mol. The maximum Gasteiger partial charge on any atom is 0.344 e. The van der Waals surface area contributed by atoms with Gasteiger partial charge in [0.15, 0.2) is 6.61 Å². The minimum atomic E-state index is -0.655. The molecule has 0 aromatic carbocycles. The average Bonchev–Trinajstić information content (AvgIpc) is 3.11. The Bertz CT molecular complexity index is 856. The van der Waals surface area contributed by atoms with Crippen LogP contribution in [0.3, 0.4) is 0 Å². The molecular formula is C17H17N3O4S. The van der Waals surface area contributed by atoms with Gasteiger partial charge in [0.2, 0.25) is 0 Å². The van der Waals surface area contributed by atoms with E-state index in [1.54, 1.807) is 13.8 Å². The highest BCUT2D eigenvalue weighted by Crippen LogP contribution is 2.37. The molecule has 7 nitrogen and oxygen atoms in total. The third-order valence-electron chi connectivity index (χ3n) is 4.11. The molecule has 2 aromatic rings. The summed E-state index contributed by atoms with van der Waals surface area (Å²) in [7, 11) is 0. The van der Waals surface area contributed by atoms with Crippen LogP contribution in [-0.4, -0.2) is 23.6 Å². The van der Waals surface area contributed by atoms with E-state index >= 15 is 0 Å². The lowest BCUT2D eigenvalue weighted by atomic mass is 9.96. The van der Waals surface area contributed by atoms with Crippen LogP contribution in [0, 0.1) is 25.2 Å². The highest BCUT2D eigenvalue weighted by Gasteiger charge is 2.23. The van der Waals surface area contributed by atoms with Crippen LogP contribution < -0.4 is 5.32 Å². The highest BCUT2D eigenvalue weighted by molar-refractivity contribution is 7.16. The molecule has 0 unspecified atom stereocenters. The molecule has 1 amide bonds. The molecule has 0 atom stereocenters. The number of rotatable bonds is 4. The van der Waals surface area contributed by atoms with Crippen LogP contribution >= 0.6 is 11.3 Å². The number of amides is 1. The number of carbonyl (C=O) groups excluding carboxylic acids is 2. The van der Waals surface area contributed by atoms with Crippen molar-refractivity contribution in [3.05, 3.63) is 33.0 Å². The lowest BCUT2D eigenvalue weighted by Crippen LogP contribution is -2.21. The molecule has 1 aliphatic carbocycles. The molecule has 8 heteroatoms. The highest BCUT2D eigenvalue weighted by atomic mass is 32.1. The zero-order valence-electron chi connectivity index (χ0n) is 14.0. The number of nitrogens with one attached hydrogen (secondary N) is 1. The molecule has 0 bridgehead atoms. The number of thiophene rings is 1. The zero-order valence-corrected chi connectivity index (χ0v) is 14.8. The van der Waals surface area contributed by atoms with Crippen molar-refractivity contribution in [2.24, 2.45) is 0 Å². The quantitative estimate of drug-likeness (QED) is 0.842. The number of nitrogens with zero attached hydrogens (tertiary/aromatic N) is 2. The van der Waals surface area contributed by atoms with Crippen molar-refractivity contribution < 1.29 is 18.8 Å². The summed E-state index contributed by atoms with van der Waals surface area (Å²) in [5.41, 5.74) is 2.23. The van der Waals surface area contributed by atoms with Crippen molar-refractivity contribution in [1.29, 1.82) is 5.26 Å². The van der Waals surface area contributed by atoms with E-state index in [-0.39, 0.29) is 5.56 Å². The Labute approximate surface area is 148 Å². The largest absolute Gasteiger partial charge is 0.452 e. The first-order valence-electron chi connectivity index (χ1n) is 7.95. The van der Waals surface area contributed by atoms with Crippen molar-refractivity contribution in [1.82, 2.24) is 5.16 Å². The second-order valence-corrected chi connectivity index (χ2v) is 6.96. The number of carbonyl (C=O) groups is 2. The number of esters is 1. The monoisotopic (exact) mass is 359 g/mol. The van der Waals surface area contributed by atoms with Crippen molar-refractivity contribution in [3.63, 3.8) is 0 Å². The van der Waals surface area contributed by atoms with Gasteiger partial charge in [0.1, 0.15) is 22.4 Å². The molecule has 130 valence electrons. The molecule has 0 aliphatic heterocycles. The molecule has 2 heterocycles. The molecule has 2 aromatic heterocycles. The van der Waals surface area contributed by atoms with Crippen LogP contribution in [0.4, 0.5) is 5.00 Å². The van der Waals surface area contributed by atoms with E-state index in [9.17, 15) is 14.9 Å². The number of aromatic nitrogens is 1. The van der Waals surface area contributed by atoms with Gasteiger partial charge in [-0.05, 0) is 45.1 Å². The summed E-state index contributed by atoms with van der Waals surface area (Å²) in [4.78, 5) is 25.3. The van der Waals surface area contributed by atoms with Crippen LogP contribution in [0.15, 0.2) is 4.52 Å². The minimum absolute atomic E-state index is 0.233. The van der Waals surface area contributed by atoms with Crippen molar-refractivity contribution in [2.75, 3.05) is 11.9 Å². The number of ether oxygens (including phenoxy) is 1. The molecule has 0 saturated heterocycles. The predicted octanol–water partition coefficient (Wildman–Crippen LogP) is 2.90. The second-order valence-electron chi connectivity index (χ2n) is 5.85. The molecule has 1 N–H and O–H groups in total. The number of anilines is 1. The fraction of sp³-hybridized carbons (Fsp3) is 0.412. The SMILES string of the molecule is Cc1noc(C)c1C(=O)OCC(=O)Nc1sc2c(c1C#N)CCCC2. The van der Waals surface area contributed by atoms with Crippen molar-refractivity contribution in [3.8, 4) is 6.07 Å². The van der Waals surface area contributed by atoms with E-state index in [2.05, 4.69) is 16.5 Å². The molecule has 0 spiro atoms. The molecule has 3 rings (SSSR count). The first-order chi connectivity index (χ1) is 12.0. The van der Waals surface area contributed by atoms with Gasteiger partial charge < -0.3 is 14.6 Å². The molecular weight excluding hydrogens is 342 g/mol. The Morgan fingerprint density at radius 3 is 2.80 bits per heavy atom. The maximum absolute atomic E-state index is 12.1. The van der Waals surface area contributed by atoms with E-state index in [1.807, 2.05) is 0 Å². The van der Waals surface area contributed by atoms with E-state index in [0.717, 1.165) is 36.1 Å². The third-order valence-corrected chi connectivity index (χ3v) is 5.32. The smallest absolute Gasteiger partial charge is 0.344 e. The van der Waals surface area contributed by atoms with Gasteiger partial charge in [0.25, 0.3) is 5.91 Å². The number of hydrogen-bond acceptors (Lipinski definition) is 7. The zero-order chi connectivity index (χ0) is 18.0. The minimum Gasteiger partial charge on any atom is -0.452 e. The van der Waals surface area contributed by atoms with E-state index in [4.69, 9.17) is 9.26 Å². The second kappa shape index (κ2) is 7.07. The maximum atomic E-state index is 12.1. The summed E-state index contributed by atoms with van der Waals surface area (Å²) in [6.45, 7) is 2.80. The molecule has 1 aliphatic rings. The van der Waals surface area contributed by atoms with Gasteiger partial charge in [-0.2, -0.15) is 5.26 Å². The Morgan fingerprint density at radius 2 is 2.12 bits per heavy atom. The average molecular weight is 359 g/mol. The fourth-order valence-corrected chi connectivity index (χ4v) is 4.17. The normalized spacial score (nSPS) is 13.0. The molecule has 0 radical (unpaired) electrons. The standard InChI is InChI=1S/C17H17N3O4S/c1-9-15(10(2)24-20-9)17(22)23-8-14(21)19-16-12(7-18)11-5-3-4-6-13(11)25-16/h3-6,8H2,1-2H3,(H,19,21). The summed E-state index contributed by atoms with van der Waals surface area (Å²) in [6, 6.07) is 2.18. The van der Waals surface area contributed by atoms with Crippen LogP contribution in [0.25, 0.3) is 0 Å². The van der Waals surface area contributed by atoms with E-state index in [1.165, 1.54) is 11.3 Å². The number of hydrogen-bond donors (Lipinski definition) is 1. The van der Waals surface area contributed by atoms with Crippen LogP contribution in [0.2, 0.25) is 0 Å². The van der Waals surface area contributed by atoms with Crippen molar-refractivity contribution >= 4 is 28.2 Å². The molecule has 25 heavy (non-hydrogen) atoms. The lowest BCUT2D eigenvalue weighted by molar-refractivity contribution is -0.119. The Morgan fingerprint density at radius 1 is 1.36 bits per heavy atom. The summed E-state index contributed by atoms with van der Waals surface area (Å²) in [5, 5.41) is 16.3. The molecule has 0 fully saturated rings. The first kappa shape index (κ1) is 17.2. The first-order valence-corrected chi connectivity index (χ1v) is 8.77. The Balaban J connectivity index is 1.65. The van der Waals surface area contributed by atoms with E-state index < -0.39 is 18.5 Å². The molecule has 0 saturated carbocycles. The van der Waals surface area contributed by atoms with Gasteiger partial charge in [-0.3, -0.25) is 4.79 Å². The number of fused-ring (bicyclic) bond motifs is 1. The topological polar surface area (TPSA) is 105 Å². The fourth-order valence-electron chi connectivity index (χ4n) is 2.91. The van der Waals surface area contributed by atoms with Gasteiger partial charge in [0.05, 0.1) is 11.3 Å². The summed E-state index contributed by atoms with van der Waals surface area (Å²) in [6.07, 6.45) is 3.96. The third kappa shape index (κ3) is 3.42. The van der Waals surface area contributed by atoms with Gasteiger partial charge in [-0.15, -0.1) is 11.3 Å². The Hall–Kier alpha value is -2.66. The summed E-state index contributed by atoms with van der Waals surface area (Å²) < 4.78 is 9.94. The van der Waals surface area contributed by atoms with Gasteiger partial charge >= 0.3 is 5.97 Å². The summed E-state index contributed by atoms with van der Waals surface area (Å²) in [5.74, 6) is -0.784. The van der Waals surface area contributed by atoms with Gasteiger partial charge in [-0.25, -0.2) is 4.79 Å². The number of aryl methyl sites for hydroxylation is 3. The van der Waals surface area contributed by atoms with Gasteiger partial charge in [-0.1, -0.05) is 5.16 Å². The van der Waals surface area contributed by atoms with Crippen LogP contribution in [0.5, 0.6) is 0 Å². The lowest BCUT2D eigenvalue weighted by Gasteiger charge is -2.09. The summed E-state index contributed by atoms with van der Waals surface area (Å²) >= 11 is 1.43. The van der Waals surface area contributed by atoms with E-state index in [0.29, 0.717) is 22.0 Å². The number of nitriles is 1.